The Morgan fingerprint density at radius 2 is 1.88 bits per heavy atom. The number of rotatable bonds is 6. The Bertz CT molecular complexity index is 1200. The number of halogens is 3. The number of nitro groups is 1. The Kier molecular flexibility index (Phi) is 6.06. The molecule has 0 aromatic heterocycles. The van der Waals surface area contributed by atoms with Crippen molar-refractivity contribution in [1.29, 1.82) is 0 Å². The zero-order valence-electron chi connectivity index (χ0n) is 16.6. The highest BCUT2D eigenvalue weighted by atomic mass is 19.4. The molecule has 1 aliphatic rings. The molecule has 0 radical (unpaired) electrons. The van der Waals surface area contributed by atoms with Crippen LogP contribution in [0.2, 0.25) is 0 Å². The van der Waals surface area contributed by atoms with Crippen LogP contribution in [-0.2, 0) is 4.79 Å². The number of hydrogen-bond acceptors (Lipinski definition) is 8. The Morgan fingerprint density at radius 1 is 1.24 bits per heavy atom. The molecule has 0 saturated carbocycles. The highest BCUT2D eigenvalue weighted by Gasteiger charge is 2.46. The molecule has 0 N–H and O–H groups in total. The predicted octanol–water partition coefficient (Wildman–Crippen LogP) is 1.78. The van der Waals surface area contributed by atoms with Crippen LogP contribution < -0.4 is 20.0 Å². The van der Waals surface area contributed by atoms with Crippen molar-refractivity contribution < 1.29 is 42.6 Å². The number of carbonyl (C=O) groups excluding carboxylic acids is 2. The summed E-state index contributed by atoms with van der Waals surface area (Å²) in [6.45, 7) is 1.45. The summed E-state index contributed by atoms with van der Waals surface area (Å²) in [6, 6.07) is 5.86. The van der Waals surface area contributed by atoms with Crippen molar-refractivity contribution in [3.63, 3.8) is 0 Å². The van der Waals surface area contributed by atoms with Crippen LogP contribution in [0.5, 0.6) is 11.5 Å². The van der Waals surface area contributed by atoms with E-state index in [0.717, 1.165) is 36.4 Å². The molecule has 0 fully saturated rings. The molecular formula is C20H12F3N3O7-2. The molecule has 1 heterocycles. The van der Waals surface area contributed by atoms with E-state index >= 15 is 0 Å². The Labute approximate surface area is 183 Å². The van der Waals surface area contributed by atoms with Gasteiger partial charge in [-0.25, -0.2) is 0 Å². The van der Waals surface area contributed by atoms with Crippen LogP contribution in [0.25, 0.3) is 6.08 Å². The number of anilines is 1. The first-order valence-corrected chi connectivity index (χ1v) is 9.10. The van der Waals surface area contributed by atoms with Gasteiger partial charge < -0.3 is 19.7 Å². The lowest BCUT2D eigenvalue weighted by molar-refractivity contribution is -0.398. The van der Waals surface area contributed by atoms with Gasteiger partial charge in [-0.1, -0.05) is 12.1 Å². The number of nitrogens with zero attached hydrogens (tertiary/aromatic N) is 3. The highest BCUT2D eigenvalue weighted by Crippen LogP contribution is 2.37. The van der Waals surface area contributed by atoms with Gasteiger partial charge in [-0.3, -0.25) is 14.9 Å². The Balaban J connectivity index is 2.12. The number of hydrazone groups is 1. The van der Waals surface area contributed by atoms with Crippen LogP contribution in [0.15, 0.2) is 47.1 Å². The maximum Gasteiger partial charge on any atom is 0.435 e. The number of amides is 1. The monoisotopic (exact) mass is 463 g/mol. The van der Waals surface area contributed by atoms with Gasteiger partial charge in [-0.15, -0.1) is 0 Å². The van der Waals surface area contributed by atoms with Gasteiger partial charge in [-0.05, 0) is 42.3 Å². The third kappa shape index (κ3) is 4.61. The molecule has 13 heteroatoms. The van der Waals surface area contributed by atoms with Gasteiger partial charge in [0.1, 0.15) is 5.75 Å². The second-order valence-corrected chi connectivity index (χ2v) is 6.51. The zero-order chi connectivity index (χ0) is 24.5. The average Bonchev–Trinajstić information content (AvgIpc) is 3.06. The normalized spacial score (nSPS) is 15.0. The molecule has 1 amide bonds. The van der Waals surface area contributed by atoms with Crippen molar-refractivity contribution >= 4 is 35.0 Å². The highest BCUT2D eigenvalue weighted by molar-refractivity contribution is 6.34. The van der Waals surface area contributed by atoms with Crippen LogP contribution in [0.4, 0.5) is 24.5 Å². The van der Waals surface area contributed by atoms with E-state index in [0.29, 0.717) is 11.1 Å². The van der Waals surface area contributed by atoms with Gasteiger partial charge in [0.15, 0.2) is 5.71 Å². The zero-order valence-corrected chi connectivity index (χ0v) is 16.6. The molecular weight excluding hydrogens is 451 g/mol. The van der Waals surface area contributed by atoms with Gasteiger partial charge in [0.25, 0.3) is 11.6 Å². The molecule has 0 unspecified atom stereocenters. The van der Waals surface area contributed by atoms with E-state index in [1.807, 2.05) is 0 Å². The summed E-state index contributed by atoms with van der Waals surface area (Å²) >= 11 is 0. The van der Waals surface area contributed by atoms with Crippen LogP contribution in [-0.4, -0.2) is 35.3 Å². The maximum atomic E-state index is 13.6. The predicted molar refractivity (Wildman–Crippen MR) is 103 cm³/mol. The smallest absolute Gasteiger partial charge is 0.435 e. The molecule has 33 heavy (non-hydrogen) atoms. The van der Waals surface area contributed by atoms with Crippen LogP contribution in [0.3, 0.4) is 0 Å². The van der Waals surface area contributed by atoms with Crippen molar-refractivity contribution in [3.8, 4) is 11.5 Å². The first kappa shape index (κ1) is 23.2. The van der Waals surface area contributed by atoms with Crippen molar-refractivity contribution in [1.82, 2.24) is 0 Å². The molecule has 0 saturated heterocycles. The SMILES string of the molecule is CCOc1cc(/C=C2\C(=O)N(c3ccc(C(=O)[O-])cc3)N=C2C(F)(F)F)cc([N+](=O)[O-])c1[O-]. The number of ether oxygens (including phenoxy) is 1. The molecule has 1 aliphatic heterocycles. The molecule has 0 aliphatic carbocycles. The minimum Gasteiger partial charge on any atom is -0.865 e. The lowest BCUT2D eigenvalue weighted by Gasteiger charge is -2.15. The number of alkyl halides is 3. The summed E-state index contributed by atoms with van der Waals surface area (Å²) in [5, 5.41) is 37.8. The lowest BCUT2D eigenvalue weighted by atomic mass is 10.0. The number of hydrogen-bond donors (Lipinski definition) is 0. The largest absolute Gasteiger partial charge is 0.865 e. The molecule has 3 rings (SSSR count). The summed E-state index contributed by atoms with van der Waals surface area (Å²) < 4.78 is 45.8. The van der Waals surface area contributed by atoms with Crippen molar-refractivity contribution in [2.24, 2.45) is 5.10 Å². The minimum atomic E-state index is -5.08. The first-order valence-electron chi connectivity index (χ1n) is 9.10. The average molecular weight is 463 g/mol. The summed E-state index contributed by atoms with van der Waals surface area (Å²) in [4.78, 5) is 33.8. The fourth-order valence-corrected chi connectivity index (χ4v) is 2.92. The van der Waals surface area contributed by atoms with Gasteiger partial charge in [0, 0.05) is 11.8 Å². The Morgan fingerprint density at radius 3 is 2.39 bits per heavy atom. The van der Waals surface area contributed by atoms with E-state index in [2.05, 4.69) is 5.10 Å². The molecule has 0 spiro atoms. The fourth-order valence-electron chi connectivity index (χ4n) is 2.92. The lowest BCUT2D eigenvalue weighted by Crippen LogP contribution is -2.25. The van der Waals surface area contributed by atoms with E-state index in [1.165, 1.54) is 6.92 Å². The van der Waals surface area contributed by atoms with E-state index in [4.69, 9.17) is 4.74 Å². The summed E-state index contributed by atoms with van der Waals surface area (Å²) in [5.74, 6) is -4.29. The molecule has 0 bridgehead atoms. The number of carboxylic acids is 1. The molecule has 2 aromatic carbocycles. The number of carbonyl (C=O) groups is 2. The van der Waals surface area contributed by atoms with Crippen molar-refractivity contribution in [2.75, 3.05) is 11.6 Å². The Hall–Kier alpha value is -4.42. The number of nitro benzene ring substituents is 1. The molecule has 2 aromatic rings. The van der Waals surface area contributed by atoms with Gasteiger partial charge >= 0.3 is 6.18 Å². The van der Waals surface area contributed by atoms with E-state index in [9.17, 15) is 43.1 Å². The van der Waals surface area contributed by atoms with Crippen molar-refractivity contribution in [3.05, 3.63) is 63.2 Å². The van der Waals surface area contributed by atoms with Gasteiger partial charge in [0.2, 0.25) is 0 Å². The maximum absolute atomic E-state index is 13.6. The molecule has 172 valence electrons. The van der Waals surface area contributed by atoms with E-state index in [1.54, 1.807) is 0 Å². The van der Waals surface area contributed by atoms with E-state index < -0.39 is 51.4 Å². The van der Waals surface area contributed by atoms with Gasteiger partial charge in [-0.2, -0.15) is 23.3 Å². The molecule has 0 atom stereocenters. The standard InChI is InChI=1S/C20H14F3N3O7/c1-2-33-15-9-10(8-14(16(15)27)26(31)32)7-13-17(20(21,22)23)24-25(18(13)28)12-5-3-11(4-6-12)19(29)30/h3-9,27H,2H2,1H3,(H,29,30)/p-2/b13-7-. The number of benzene rings is 2. The van der Waals surface area contributed by atoms with Crippen LogP contribution in [0, 0.1) is 10.1 Å². The second kappa shape index (κ2) is 8.61. The quantitative estimate of drug-likeness (QED) is 0.360. The van der Waals surface area contributed by atoms with Gasteiger partial charge in [0.05, 0.1) is 28.8 Å². The first-order chi connectivity index (χ1) is 15.4. The summed E-state index contributed by atoms with van der Waals surface area (Å²) in [6.07, 6.45) is -4.37. The third-order valence-electron chi connectivity index (χ3n) is 4.36. The second-order valence-electron chi connectivity index (χ2n) is 6.51. The molecule has 10 nitrogen and oxygen atoms in total. The topological polar surface area (TPSA) is 148 Å². The van der Waals surface area contributed by atoms with E-state index in [-0.39, 0.29) is 23.4 Å². The summed E-state index contributed by atoms with van der Waals surface area (Å²) in [5.41, 5.74) is -4.16. The fraction of sp³-hybridized carbons (Fsp3) is 0.150. The third-order valence-corrected chi connectivity index (χ3v) is 4.36. The number of carboxylic acid groups (broad SMARTS) is 1. The van der Waals surface area contributed by atoms with Crippen molar-refractivity contribution in [2.45, 2.75) is 13.1 Å². The van der Waals surface area contributed by atoms with Crippen LogP contribution >= 0.6 is 0 Å². The van der Waals surface area contributed by atoms with Crippen LogP contribution in [0.1, 0.15) is 22.8 Å². The number of aromatic carboxylic acids is 1. The minimum absolute atomic E-state index is 0.0454. The summed E-state index contributed by atoms with van der Waals surface area (Å²) in [7, 11) is 0.